The number of halogens is 1. The standard InChI is InChI=1S/C10H16FN3O2/c11-3-4-14(13-16)10(15)12-9-6-7-1-2-8(9)5-7/h7-9H,1-6H2,(H,12,15)/t7-,8-,9+/m1/s1. The first-order chi connectivity index (χ1) is 7.74. The number of alkyl halides is 1. The number of fused-ring (bicyclic) bond motifs is 2. The highest BCUT2D eigenvalue weighted by molar-refractivity contribution is 5.74. The molecule has 0 aromatic rings. The summed E-state index contributed by atoms with van der Waals surface area (Å²) in [6, 6.07) is -0.416. The van der Waals surface area contributed by atoms with Gasteiger partial charge in [0.25, 0.3) is 0 Å². The average Bonchev–Trinajstić information content (AvgIpc) is 2.87. The summed E-state index contributed by atoms with van der Waals surface area (Å²) in [5.74, 6) is 1.25. The van der Waals surface area contributed by atoms with Gasteiger partial charge >= 0.3 is 6.03 Å². The predicted octanol–water partition coefficient (Wildman–Crippen LogP) is 1.84. The average molecular weight is 229 g/mol. The summed E-state index contributed by atoms with van der Waals surface area (Å²) in [5.41, 5.74) is 0. The van der Waals surface area contributed by atoms with Gasteiger partial charge in [-0.15, -0.1) is 4.91 Å². The van der Waals surface area contributed by atoms with Crippen LogP contribution in [0.4, 0.5) is 9.18 Å². The van der Waals surface area contributed by atoms with Gasteiger partial charge in [-0.05, 0) is 31.1 Å². The lowest BCUT2D eigenvalue weighted by Crippen LogP contribution is -2.45. The molecule has 0 aromatic carbocycles. The molecule has 90 valence electrons. The van der Waals surface area contributed by atoms with E-state index in [0.29, 0.717) is 16.8 Å². The number of nitroso groups, excluding NO2 is 1. The van der Waals surface area contributed by atoms with Crippen molar-refractivity contribution in [2.24, 2.45) is 17.1 Å². The van der Waals surface area contributed by atoms with Crippen LogP contribution in [0, 0.1) is 16.7 Å². The summed E-state index contributed by atoms with van der Waals surface area (Å²) in [7, 11) is 0. The molecule has 0 aromatic heterocycles. The molecule has 2 rings (SSSR count). The quantitative estimate of drug-likeness (QED) is 0.590. The monoisotopic (exact) mass is 229 g/mol. The molecule has 6 heteroatoms. The highest BCUT2D eigenvalue weighted by atomic mass is 19.1. The lowest BCUT2D eigenvalue weighted by molar-refractivity contribution is 0.185. The summed E-state index contributed by atoms with van der Waals surface area (Å²) >= 11 is 0. The maximum Gasteiger partial charge on any atom is 0.340 e. The van der Waals surface area contributed by atoms with Gasteiger partial charge in [-0.25, -0.2) is 9.18 Å². The maximum absolute atomic E-state index is 12.0. The minimum Gasteiger partial charge on any atom is -0.333 e. The number of hydrogen-bond donors (Lipinski definition) is 1. The third-order valence-corrected chi connectivity index (χ3v) is 3.68. The second kappa shape index (κ2) is 4.76. The van der Waals surface area contributed by atoms with Gasteiger partial charge in [-0.3, -0.25) is 0 Å². The summed E-state index contributed by atoms with van der Waals surface area (Å²) < 4.78 is 12.0. The van der Waals surface area contributed by atoms with Crippen molar-refractivity contribution >= 4 is 6.03 Å². The van der Waals surface area contributed by atoms with Crippen LogP contribution in [0.3, 0.4) is 0 Å². The van der Waals surface area contributed by atoms with Gasteiger partial charge in [0.05, 0.1) is 11.8 Å². The van der Waals surface area contributed by atoms with Gasteiger partial charge in [-0.1, -0.05) is 6.42 Å². The second-order valence-corrected chi connectivity index (χ2v) is 4.62. The molecule has 3 atom stereocenters. The number of rotatable bonds is 4. The molecule has 2 fully saturated rings. The van der Waals surface area contributed by atoms with Crippen molar-refractivity contribution < 1.29 is 9.18 Å². The largest absolute Gasteiger partial charge is 0.340 e. The maximum atomic E-state index is 12.0. The zero-order valence-corrected chi connectivity index (χ0v) is 9.06. The van der Waals surface area contributed by atoms with E-state index in [0.717, 1.165) is 12.8 Å². The third-order valence-electron chi connectivity index (χ3n) is 3.68. The zero-order valence-electron chi connectivity index (χ0n) is 9.06. The number of hydrogen-bond acceptors (Lipinski definition) is 3. The van der Waals surface area contributed by atoms with Gasteiger partial charge < -0.3 is 5.32 Å². The Kier molecular flexibility index (Phi) is 3.36. The van der Waals surface area contributed by atoms with E-state index in [1.807, 2.05) is 0 Å². The van der Waals surface area contributed by atoms with Crippen molar-refractivity contribution in [3.63, 3.8) is 0 Å². The van der Waals surface area contributed by atoms with Crippen LogP contribution < -0.4 is 5.32 Å². The molecule has 0 saturated heterocycles. The van der Waals surface area contributed by atoms with Crippen LogP contribution in [0.5, 0.6) is 0 Å². The van der Waals surface area contributed by atoms with Crippen molar-refractivity contribution in [3.05, 3.63) is 4.91 Å². The molecule has 1 N–H and O–H groups in total. The zero-order chi connectivity index (χ0) is 11.5. The Morgan fingerprint density at radius 1 is 1.44 bits per heavy atom. The SMILES string of the molecule is O=NN(CCF)C(=O)N[C@H]1C[C@@H]2CC[C@@H]1C2. The van der Waals surface area contributed by atoms with E-state index in [2.05, 4.69) is 10.6 Å². The van der Waals surface area contributed by atoms with Crippen molar-refractivity contribution in [2.75, 3.05) is 13.2 Å². The van der Waals surface area contributed by atoms with Crippen LogP contribution in [0.15, 0.2) is 5.29 Å². The summed E-state index contributed by atoms with van der Waals surface area (Å²) in [6.07, 6.45) is 4.55. The van der Waals surface area contributed by atoms with Crippen molar-refractivity contribution in [2.45, 2.75) is 31.7 Å². The normalized spacial score (nSPS) is 31.4. The Bertz CT molecular complexity index is 287. The minimum absolute atomic E-state index is 0.148. The topological polar surface area (TPSA) is 61.8 Å². The fourth-order valence-corrected chi connectivity index (χ4v) is 2.91. The lowest BCUT2D eigenvalue weighted by atomic mass is 9.95. The molecule has 5 nitrogen and oxygen atoms in total. The van der Waals surface area contributed by atoms with E-state index in [4.69, 9.17) is 0 Å². The molecule has 0 heterocycles. The molecule has 0 unspecified atom stereocenters. The van der Waals surface area contributed by atoms with Crippen LogP contribution >= 0.6 is 0 Å². The van der Waals surface area contributed by atoms with Crippen LogP contribution in [-0.2, 0) is 0 Å². The fraction of sp³-hybridized carbons (Fsp3) is 0.900. The number of urea groups is 1. The molecule has 16 heavy (non-hydrogen) atoms. The third kappa shape index (κ3) is 2.15. The van der Waals surface area contributed by atoms with Gasteiger partial charge in [0, 0.05) is 6.04 Å². The Morgan fingerprint density at radius 3 is 2.75 bits per heavy atom. The Labute approximate surface area is 93.3 Å². The highest BCUT2D eigenvalue weighted by Gasteiger charge is 2.40. The van der Waals surface area contributed by atoms with Crippen LogP contribution in [0.1, 0.15) is 25.7 Å². The number of carbonyl (C=O) groups excluding carboxylic acids is 1. The molecular weight excluding hydrogens is 213 g/mol. The van der Waals surface area contributed by atoms with Gasteiger partial charge in [0.15, 0.2) is 0 Å². The first-order valence-corrected chi connectivity index (χ1v) is 5.72. The van der Waals surface area contributed by atoms with Crippen LogP contribution in [-0.4, -0.2) is 30.3 Å². The molecule has 2 saturated carbocycles. The van der Waals surface area contributed by atoms with Crippen molar-refractivity contribution in [1.82, 2.24) is 10.3 Å². The molecule has 2 aliphatic rings. The first-order valence-electron chi connectivity index (χ1n) is 5.72. The van der Waals surface area contributed by atoms with E-state index in [1.54, 1.807) is 0 Å². The fourth-order valence-electron chi connectivity index (χ4n) is 2.91. The molecule has 0 radical (unpaired) electrons. The Balaban J connectivity index is 1.84. The molecule has 0 aliphatic heterocycles. The van der Waals surface area contributed by atoms with E-state index in [-0.39, 0.29) is 12.6 Å². The first kappa shape index (κ1) is 11.3. The van der Waals surface area contributed by atoms with E-state index in [9.17, 15) is 14.1 Å². The van der Waals surface area contributed by atoms with Crippen LogP contribution in [0.2, 0.25) is 0 Å². The molecule has 2 amide bonds. The smallest absolute Gasteiger partial charge is 0.333 e. The van der Waals surface area contributed by atoms with Crippen LogP contribution in [0.25, 0.3) is 0 Å². The minimum atomic E-state index is -0.754. The summed E-state index contributed by atoms with van der Waals surface area (Å²) in [5, 5.41) is 5.90. The summed E-state index contributed by atoms with van der Waals surface area (Å²) in [4.78, 5) is 21.9. The lowest BCUT2D eigenvalue weighted by Gasteiger charge is -2.24. The molecule has 2 aliphatic carbocycles. The molecular formula is C10H16FN3O2. The molecule has 2 bridgehead atoms. The second-order valence-electron chi connectivity index (χ2n) is 4.62. The number of carbonyl (C=O) groups is 1. The van der Waals surface area contributed by atoms with Crippen molar-refractivity contribution in [3.8, 4) is 0 Å². The highest BCUT2D eigenvalue weighted by Crippen LogP contribution is 2.44. The number of amides is 2. The number of nitrogens with one attached hydrogen (secondary N) is 1. The van der Waals surface area contributed by atoms with E-state index >= 15 is 0 Å². The summed E-state index contributed by atoms with van der Waals surface area (Å²) in [6.45, 7) is -1.02. The Hall–Kier alpha value is -1.20. The van der Waals surface area contributed by atoms with Gasteiger partial charge in [-0.2, -0.15) is 5.01 Å². The number of nitrogens with zero attached hydrogens (tertiary/aromatic N) is 2. The van der Waals surface area contributed by atoms with Gasteiger partial charge in [0.1, 0.15) is 6.67 Å². The molecule has 0 spiro atoms. The predicted molar refractivity (Wildman–Crippen MR) is 56.2 cm³/mol. The Morgan fingerprint density at radius 2 is 2.25 bits per heavy atom. The van der Waals surface area contributed by atoms with Crippen molar-refractivity contribution in [1.29, 1.82) is 0 Å². The van der Waals surface area contributed by atoms with E-state index < -0.39 is 12.7 Å². The van der Waals surface area contributed by atoms with Gasteiger partial charge in [0.2, 0.25) is 0 Å². The van der Waals surface area contributed by atoms with E-state index in [1.165, 1.54) is 12.8 Å².